The number of nitrogens with one attached hydrogen (secondary N) is 1. The van der Waals surface area contributed by atoms with E-state index in [1.165, 1.54) is 24.3 Å². The van der Waals surface area contributed by atoms with Gasteiger partial charge in [-0.05, 0) is 49.7 Å². The van der Waals surface area contributed by atoms with Gasteiger partial charge < -0.3 is 14.8 Å². The quantitative estimate of drug-likeness (QED) is 0.332. The first-order valence-electron chi connectivity index (χ1n) is 10.5. The summed E-state index contributed by atoms with van der Waals surface area (Å²) in [7, 11) is 0. The number of carbonyl (C=O) groups excluding carboxylic acids is 4. The van der Waals surface area contributed by atoms with Gasteiger partial charge in [0.2, 0.25) is 0 Å². The number of para-hydroxylation sites is 1. The second kappa shape index (κ2) is 10.8. The van der Waals surface area contributed by atoms with Gasteiger partial charge in [0.15, 0.2) is 0 Å². The molecule has 0 fully saturated rings. The first-order valence-corrected chi connectivity index (χ1v) is 10.9. The molecule has 9 heteroatoms. The third kappa shape index (κ3) is 5.23. The van der Waals surface area contributed by atoms with Crippen molar-refractivity contribution < 1.29 is 28.7 Å². The van der Waals surface area contributed by atoms with E-state index in [-0.39, 0.29) is 35.2 Å². The van der Waals surface area contributed by atoms with Crippen LogP contribution < -0.4 is 10.2 Å². The number of nitrogens with zero attached hydrogens (tertiary/aromatic N) is 1. The molecule has 2 aromatic carbocycles. The molecule has 2 amide bonds. The number of halogens is 1. The normalized spacial score (nSPS) is 13.4. The highest BCUT2D eigenvalue weighted by molar-refractivity contribution is 6.53. The zero-order valence-corrected chi connectivity index (χ0v) is 19.0. The first kappa shape index (κ1) is 24.0. The molecule has 0 spiro atoms. The lowest BCUT2D eigenvalue weighted by atomic mass is 10.1. The van der Waals surface area contributed by atoms with E-state index in [1.54, 1.807) is 31.2 Å². The molecule has 0 saturated heterocycles. The third-order valence-electron chi connectivity index (χ3n) is 4.79. The van der Waals surface area contributed by atoms with Crippen LogP contribution in [-0.4, -0.2) is 37.0 Å². The summed E-state index contributed by atoms with van der Waals surface area (Å²) in [6.07, 6.45) is 1.55. The fourth-order valence-corrected chi connectivity index (χ4v) is 3.32. The van der Waals surface area contributed by atoms with Crippen LogP contribution in [0.4, 0.5) is 11.4 Å². The van der Waals surface area contributed by atoms with Gasteiger partial charge in [0.05, 0.1) is 30.0 Å². The lowest BCUT2D eigenvalue weighted by Crippen LogP contribution is -2.33. The van der Waals surface area contributed by atoms with Crippen LogP contribution in [0.1, 0.15) is 47.4 Å². The van der Waals surface area contributed by atoms with Gasteiger partial charge >= 0.3 is 11.9 Å². The van der Waals surface area contributed by atoms with Crippen LogP contribution in [0.2, 0.25) is 0 Å². The predicted molar refractivity (Wildman–Crippen MR) is 123 cm³/mol. The van der Waals surface area contributed by atoms with Gasteiger partial charge in [-0.25, -0.2) is 14.5 Å². The Kier molecular flexibility index (Phi) is 7.84. The number of hydrogen-bond acceptors (Lipinski definition) is 7. The fraction of sp³-hybridized carbons (Fsp3) is 0.250. The summed E-state index contributed by atoms with van der Waals surface area (Å²) in [4.78, 5) is 51.1. The molecule has 3 rings (SSSR count). The summed E-state index contributed by atoms with van der Waals surface area (Å²) in [6.45, 7) is 4.16. The van der Waals surface area contributed by atoms with Gasteiger partial charge in [-0.2, -0.15) is 0 Å². The molecule has 0 aliphatic carbocycles. The number of esters is 2. The summed E-state index contributed by atoms with van der Waals surface area (Å²) >= 11 is 6.19. The van der Waals surface area contributed by atoms with Crippen LogP contribution in [-0.2, 0) is 19.1 Å². The van der Waals surface area contributed by atoms with Crippen molar-refractivity contribution in [3.05, 3.63) is 70.4 Å². The van der Waals surface area contributed by atoms with E-state index in [4.69, 9.17) is 21.1 Å². The highest BCUT2D eigenvalue weighted by Crippen LogP contribution is 2.32. The van der Waals surface area contributed by atoms with E-state index < -0.39 is 23.8 Å². The van der Waals surface area contributed by atoms with Gasteiger partial charge in [-0.15, -0.1) is 0 Å². The van der Waals surface area contributed by atoms with Crippen molar-refractivity contribution in [2.75, 3.05) is 23.4 Å². The van der Waals surface area contributed by atoms with E-state index in [0.29, 0.717) is 17.7 Å². The van der Waals surface area contributed by atoms with Gasteiger partial charge in [-0.1, -0.05) is 37.1 Å². The van der Waals surface area contributed by atoms with Crippen LogP contribution in [0.15, 0.2) is 59.3 Å². The van der Waals surface area contributed by atoms with Crippen molar-refractivity contribution >= 4 is 46.7 Å². The highest BCUT2D eigenvalue weighted by Gasteiger charge is 2.40. The van der Waals surface area contributed by atoms with Crippen molar-refractivity contribution in [2.45, 2.75) is 26.7 Å². The van der Waals surface area contributed by atoms with Crippen LogP contribution >= 0.6 is 11.6 Å². The SMILES string of the molecule is CCCCOC(=O)c1ccccc1N1C(=O)C(Cl)=C(Nc2ccc(C(=O)OCC)cc2)C1=O. The van der Waals surface area contributed by atoms with Crippen molar-refractivity contribution in [2.24, 2.45) is 0 Å². The summed E-state index contributed by atoms with van der Waals surface area (Å²) in [5.41, 5.74) is 0.807. The van der Waals surface area contributed by atoms with Crippen LogP contribution in [0.5, 0.6) is 0 Å². The molecule has 2 aromatic rings. The Hall–Kier alpha value is -3.65. The number of unbranched alkanes of at least 4 members (excludes halogenated alkanes) is 1. The number of rotatable bonds is 9. The number of imide groups is 1. The second-order valence-corrected chi connectivity index (χ2v) is 7.44. The van der Waals surface area contributed by atoms with Crippen molar-refractivity contribution in [1.82, 2.24) is 0 Å². The van der Waals surface area contributed by atoms with Crippen LogP contribution in [0.3, 0.4) is 0 Å². The van der Waals surface area contributed by atoms with Gasteiger partial charge in [0, 0.05) is 5.69 Å². The van der Waals surface area contributed by atoms with Gasteiger partial charge in [0.1, 0.15) is 10.7 Å². The minimum absolute atomic E-state index is 0.0832. The first-order chi connectivity index (χ1) is 15.9. The Morgan fingerprint density at radius 1 is 0.939 bits per heavy atom. The molecule has 1 aliphatic rings. The van der Waals surface area contributed by atoms with E-state index in [0.717, 1.165) is 11.3 Å². The maximum Gasteiger partial charge on any atom is 0.340 e. The second-order valence-electron chi connectivity index (χ2n) is 7.06. The van der Waals surface area contributed by atoms with Gasteiger partial charge in [-0.3, -0.25) is 9.59 Å². The molecular weight excluding hydrogens is 448 g/mol. The topological polar surface area (TPSA) is 102 Å². The molecule has 0 aromatic heterocycles. The van der Waals surface area contributed by atoms with Crippen molar-refractivity contribution in [3.8, 4) is 0 Å². The lowest BCUT2D eigenvalue weighted by molar-refractivity contribution is -0.120. The number of amides is 2. The predicted octanol–water partition coefficient (Wildman–Crippen LogP) is 4.26. The molecule has 0 unspecified atom stereocenters. The van der Waals surface area contributed by atoms with E-state index in [9.17, 15) is 19.2 Å². The molecule has 8 nitrogen and oxygen atoms in total. The average Bonchev–Trinajstić information content (AvgIpc) is 3.02. The minimum atomic E-state index is -0.763. The van der Waals surface area contributed by atoms with Crippen LogP contribution in [0, 0.1) is 0 Å². The fourth-order valence-electron chi connectivity index (χ4n) is 3.11. The Balaban J connectivity index is 1.82. The van der Waals surface area contributed by atoms with E-state index >= 15 is 0 Å². The number of benzene rings is 2. The number of anilines is 2. The van der Waals surface area contributed by atoms with Crippen LogP contribution in [0.25, 0.3) is 0 Å². The van der Waals surface area contributed by atoms with Crippen molar-refractivity contribution in [3.63, 3.8) is 0 Å². The Morgan fingerprint density at radius 2 is 1.64 bits per heavy atom. The number of hydrogen-bond donors (Lipinski definition) is 1. The zero-order chi connectivity index (χ0) is 24.0. The molecule has 172 valence electrons. The molecule has 0 saturated carbocycles. The lowest BCUT2D eigenvalue weighted by Gasteiger charge is -2.18. The maximum absolute atomic E-state index is 13.1. The molecule has 0 radical (unpaired) electrons. The Morgan fingerprint density at radius 3 is 2.30 bits per heavy atom. The molecule has 1 aliphatic heterocycles. The molecule has 1 N–H and O–H groups in total. The molecule has 0 bridgehead atoms. The third-order valence-corrected chi connectivity index (χ3v) is 5.14. The smallest absolute Gasteiger partial charge is 0.340 e. The molecule has 33 heavy (non-hydrogen) atoms. The van der Waals surface area contributed by atoms with E-state index in [1.807, 2.05) is 6.92 Å². The van der Waals surface area contributed by atoms with Crippen molar-refractivity contribution in [1.29, 1.82) is 0 Å². The summed E-state index contributed by atoms with van der Waals surface area (Å²) in [5.74, 6) is -2.58. The Labute approximate surface area is 196 Å². The molecule has 0 atom stereocenters. The zero-order valence-electron chi connectivity index (χ0n) is 18.2. The maximum atomic E-state index is 13.1. The molecular formula is C24H23ClN2O6. The van der Waals surface area contributed by atoms with Gasteiger partial charge in [0.25, 0.3) is 11.8 Å². The average molecular weight is 471 g/mol. The molecule has 1 heterocycles. The summed E-state index contributed by atoms with van der Waals surface area (Å²) < 4.78 is 10.2. The summed E-state index contributed by atoms with van der Waals surface area (Å²) in [5, 5.41) is 2.51. The summed E-state index contributed by atoms with van der Waals surface area (Å²) in [6, 6.07) is 12.3. The number of ether oxygens (including phenoxy) is 2. The highest BCUT2D eigenvalue weighted by atomic mass is 35.5. The monoisotopic (exact) mass is 470 g/mol. The van der Waals surface area contributed by atoms with E-state index in [2.05, 4.69) is 5.32 Å². The minimum Gasteiger partial charge on any atom is -0.462 e. The Bertz CT molecular complexity index is 1110. The largest absolute Gasteiger partial charge is 0.462 e. The standard InChI is InChI=1S/C24H23ClN2O6/c1-3-5-14-33-24(31)17-8-6-7-9-18(17)27-21(28)19(25)20(22(27)29)26-16-12-10-15(11-13-16)23(30)32-4-2/h6-13,26H,3-5,14H2,1-2H3. The number of carbonyl (C=O) groups is 4.